The van der Waals surface area contributed by atoms with Crippen LogP contribution in [0.4, 0.5) is 23.8 Å². The van der Waals surface area contributed by atoms with Gasteiger partial charge in [-0.1, -0.05) is 0 Å². The van der Waals surface area contributed by atoms with Crippen molar-refractivity contribution >= 4 is 11.9 Å². The van der Waals surface area contributed by atoms with Gasteiger partial charge in [-0.05, 0) is 12.5 Å². The van der Waals surface area contributed by atoms with Gasteiger partial charge in [0.05, 0.1) is 6.26 Å². The number of carbonyl (C=O) groups excluding carboxylic acids is 1. The third-order valence-corrected chi connectivity index (χ3v) is 1.42. The van der Waals surface area contributed by atoms with Gasteiger partial charge < -0.3 is 9.73 Å². The monoisotopic (exact) mass is 222 g/mol. The molecule has 0 aliphatic heterocycles. The largest absolute Gasteiger partial charge is 0.448 e. The molecule has 0 spiro atoms. The van der Waals surface area contributed by atoms with E-state index in [1.54, 1.807) is 12.2 Å². The van der Waals surface area contributed by atoms with Crippen LogP contribution < -0.4 is 10.6 Å². The van der Waals surface area contributed by atoms with Crippen LogP contribution in [0.25, 0.3) is 0 Å². The van der Waals surface area contributed by atoms with E-state index < -0.39 is 18.8 Å². The second-order valence-electron chi connectivity index (χ2n) is 2.91. The minimum Gasteiger partial charge on any atom is -0.448 e. The van der Waals surface area contributed by atoms with Crippen molar-refractivity contribution in [2.24, 2.45) is 0 Å². The minimum atomic E-state index is -4.42. The molecule has 0 radical (unpaired) electrons. The van der Waals surface area contributed by atoms with Crippen LogP contribution in [0.3, 0.4) is 0 Å². The Morgan fingerprint density at radius 3 is 2.67 bits per heavy atom. The summed E-state index contributed by atoms with van der Waals surface area (Å²) in [4.78, 5) is 10.9. The van der Waals surface area contributed by atoms with E-state index in [0.717, 1.165) is 5.56 Å². The van der Waals surface area contributed by atoms with E-state index in [9.17, 15) is 18.0 Å². The highest BCUT2D eigenvalue weighted by Crippen LogP contribution is 2.13. The van der Waals surface area contributed by atoms with Crippen molar-refractivity contribution in [2.75, 3.05) is 11.9 Å². The first-order valence-electron chi connectivity index (χ1n) is 4.03. The van der Waals surface area contributed by atoms with E-state index in [4.69, 9.17) is 4.42 Å². The normalized spacial score (nSPS) is 11.2. The van der Waals surface area contributed by atoms with Crippen LogP contribution >= 0.6 is 0 Å². The van der Waals surface area contributed by atoms with Gasteiger partial charge in [0, 0.05) is 6.07 Å². The summed E-state index contributed by atoms with van der Waals surface area (Å²) < 4.78 is 39.9. The van der Waals surface area contributed by atoms with E-state index in [1.807, 2.05) is 0 Å². The molecule has 15 heavy (non-hydrogen) atoms. The molecule has 2 amide bonds. The first-order valence-corrected chi connectivity index (χ1v) is 4.03. The molecule has 1 aromatic rings. The lowest BCUT2D eigenvalue weighted by Gasteiger charge is -2.07. The molecule has 0 aliphatic carbocycles. The lowest BCUT2D eigenvalue weighted by atomic mass is 10.4. The van der Waals surface area contributed by atoms with Gasteiger partial charge in [0.1, 0.15) is 6.54 Å². The number of furan rings is 1. The van der Waals surface area contributed by atoms with Gasteiger partial charge in [-0.25, -0.2) is 4.79 Å². The lowest BCUT2D eigenvalue weighted by molar-refractivity contribution is -0.122. The molecule has 0 unspecified atom stereocenters. The van der Waals surface area contributed by atoms with Gasteiger partial charge in [-0.15, -0.1) is 0 Å². The fourth-order valence-corrected chi connectivity index (χ4v) is 0.833. The number of rotatable bonds is 2. The van der Waals surface area contributed by atoms with E-state index in [-0.39, 0.29) is 5.88 Å². The van der Waals surface area contributed by atoms with E-state index in [2.05, 4.69) is 5.32 Å². The molecular formula is C8H9F3N2O2. The number of nitrogens with one attached hydrogen (secondary N) is 2. The molecule has 0 atom stereocenters. The predicted molar refractivity (Wildman–Crippen MR) is 46.5 cm³/mol. The fraction of sp³-hybridized carbons (Fsp3) is 0.375. The van der Waals surface area contributed by atoms with Gasteiger partial charge >= 0.3 is 12.2 Å². The van der Waals surface area contributed by atoms with Gasteiger partial charge in [0.25, 0.3) is 0 Å². The average molecular weight is 222 g/mol. The van der Waals surface area contributed by atoms with Crippen molar-refractivity contribution in [3.8, 4) is 0 Å². The Hall–Kier alpha value is -1.66. The SMILES string of the molecule is Cc1coc(NC(=O)NCC(F)(F)F)c1. The quantitative estimate of drug-likeness (QED) is 0.806. The first kappa shape index (κ1) is 11.4. The smallest absolute Gasteiger partial charge is 0.405 e. The maximum absolute atomic E-state index is 11.7. The summed E-state index contributed by atoms with van der Waals surface area (Å²) in [6.07, 6.45) is -3.05. The number of alkyl halides is 3. The molecule has 0 saturated heterocycles. The van der Waals surface area contributed by atoms with Gasteiger partial charge in [-0.2, -0.15) is 13.2 Å². The minimum absolute atomic E-state index is 0.104. The van der Waals surface area contributed by atoms with E-state index in [1.165, 1.54) is 12.3 Å². The van der Waals surface area contributed by atoms with Gasteiger partial charge in [-0.3, -0.25) is 5.32 Å². The summed E-state index contributed by atoms with van der Waals surface area (Å²) in [5, 5.41) is 3.76. The maximum atomic E-state index is 11.7. The second kappa shape index (κ2) is 4.24. The molecule has 7 heteroatoms. The van der Waals surface area contributed by atoms with Crippen molar-refractivity contribution in [2.45, 2.75) is 13.1 Å². The van der Waals surface area contributed by atoms with Crippen LogP contribution in [-0.2, 0) is 0 Å². The summed E-state index contributed by atoms with van der Waals surface area (Å²) in [6.45, 7) is 0.348. The molecule has 84 valence electrons. The van der Waals surface area contributed by atoms with Gasteiger partial charge in [0.15, 0.2) is 0 Å². The molecule has 1 heterocycles. The molecule has 0 aromatic carbocycles. The van der Waals surface area contributed by atoms with Crippen molar-refractivity contribution in [1.82, 2.24) is 5.32 Å². The van der Waals surface area contributed by atoms with Crippen LogP contribution in [-0.4, -0.2) is 18.8 Å². The fourth-order valence-electron chi connectivity index (χ4n) is 0.833. The Morgan fingerprint density at radius 1 is 1.53 bits per heavy atom. The zero-order valence-corrected chi connectivity index (χ0v) is 7.81. The Morgan fingerprint density at radius 2 is 2.20 bits per heavy atom. The van der Waals surface area contributed by atoms with Crippen LogP contribution in [0, 0.1) is 6.92 Å². The van der Waals surface area contributed by atoms with Crippen LogP contribution in [0.15, 0.2) is 16.7 Å². The molecule has 0 fully saturated rings. The number of carbonyl (C=O) groups is 1. The average Bonchev–Trinajstić information content (AvgIpc) is 2.47. The topological polar surface area (TPSA) is 54.3 Å². The number of hydrogen-bond acceptors (Lipinski definition) is 2. The summed E-state index contributed by atoms with van der Waals surface area (Å²) in [5.74, 6) is 0.104. The Kier molecular flexibility index (Phi) is 3.23. The van der Waals surface area contributed by atoms with Crippen LogP contribution in [0.5, 0.6) is 0 Å². The highest BCUT2D eigenvalue weighted by molar-refractivity contribution is 5.87. The number of hydrogen-bond donors (Lipinski definition) is 2. The highest BCUT2D eigenvalue weighted by Gasteiger charge is 2.27. The summed E-state index contributed by atoms with van der Waals surface area (Å²) >= 11 is 0. The number of aryl methyl sites for hydroxylation is 1. The standard InChI is InChI=1S/C8H9F3N2O2/c1-5-2-6(15-3-5)13-7(14)12-4-8(9,10)11/h2-3H,4H2,1H3,(H2,12,13,14). The lowest BCUT2D eigenvalue weighted by Crippen LogP contribution is -2.36. The number of halogens is 3. The summed E-state index contributed by atoms with van der Waals surface area (Å²) in [6, 6.07) is 0.536. The van der Waals surface area contributed by atoms with E-state index in [0.29, 0.717) is 0 Å². The molecular weight excluding hydrogens is 213 g/mol. The molecule has 0 aliphatic rings. The molecule has 2 N–H and O–H groups in total. The van der Waals surface area contributed by atoms with Crippen LogP contribution in [0.2, 0.25) is 0 Å². The molecule has 0 bridgehead atoms. The van der Waals surface area contributed by atoms with Crippen molar-refractivity contribution in [1.29, 1.82) is 0 Å². The second-order valence-corrected chi connectivity index (χ2v) is 2.91. The number of urea groups is 1. The zero-order chi connectivity index (χ0) is 11.5. The van der Waals surface area contributed by atoms with Crippen LogP contribution in [0.1, 0.15) is 5.56 Å². The molecule has 0 saturated carbocycles. The number of anilines is 1. The summed E-state index contributed by atoms with van der Waals surface area (Å²) in [7, 11) is 0. The van der Waals surface area contributed by atoms with Crippen molar-refractivity contribution in [3.05, 3.63) is 17.9 Å². The van der Waals surface area contributed by atoms with Gasteiger partial charge in [0.2, 0.25) is 5.88 Å². The third kappa shape index (κ3) is 4.39. The van der Waals surface area contributed by atoms with E-state index >= 15 is 0 Å². The maximum Gasteiger partial charge on any atom is 0.405 e. The Balaban J connectivity index is 2.37. The Labute approximate surface area is 83.4 Å². The third-order valence-electron chi connectivity index (χ3n) is 1.42. The predicted octanol–water partition coefficient (Wildman–Crippen LogP) is 2.27. The highest BCUT2D eigenvalue weighted by atomic mass is 19.4. The van der Waals surface area contributed by atoms with Crippen molar-refractivity contribution < 1.29 is 22.4 Å². The zero-order valence-electron chi connectivity index (χ0n) is 7.81. The molecule has 1 rings (SSSR count). The Bertz CT molecular complexity index is 346. The molecule has 4 nitrogen and oxygen atoms in total. The number of amides is 2. The summed E-state index contributed by atoms with van der Waals surface area (Å²) in [5.41, 5.74) is 0.765. The molecule has 1 aromatic heterocycles. The van der Waals surface area contributed by atoms with Crippen molar-refractivity contribution in [3.63, 3.8) is 0 Å². The first-order chi connectivity index (χ1) is 6.87.